The van der Waals surface area contributed by atoms with Crippen molar-refractivity contribution in [2.24, 2.45) is 0 Å². The Kier molecular flexibility index (Phi) is 5.39. The molecular formula is C24H21N3O3. The van der Waals surface area contributed by atoms with Gasteiger partial charge in [0.05, 0.1) is 17.6 Å². The first-order valence-electron chi connectivity index (χ1n) is 9.66. The number of hydrogen-bond donors (Lipinski definition) is 0. The molecule has 150 valence electrons. The summed E-state index contributed by atoms with van der Waals surface area (Å²) < 4.78 is 7.03. The Labute approximate surface area is 174 Å². The first kappa shape index (κ1) is 19.5. The van der Waals surface area contributed by atoms with Crippen molar-refractivity contribution >= 4 is 22.8 Å². The van der Waals surface area contributed by atoms with Gasteiger partial charge >= 0.3 is 5.97 Å². The van der Waals surface area contributed by atoms with Gasteiger partial charge in [-0.2, -0.15) is 0 Å². The van der Waals surface area contributed by atoms with Gasteiger partial charge < -0.3 is 4.74 Å². The average molecular weight is 399 g/mol. The minimum atomic E-state index is -0.522. The zero-order chi connectivity index (χ0) is 21.1. The molecule has 0 aliphatic carbocycles. The van der Waals surface area contributed by atoms with Crippen LogP contribution < -0.4 is 0 Å². The van der Waals surface area contributed by atoms with Gasteiger partial charge in [-0.15, -0.1) is 5.10 Å². The minimum absolute atomic E-state index is 0.212. The molecule has 4 aromatic rings. The van der Waals surface area contributed by atoms with Gasteiger partial charge in [0, 0.05) is 5.56 Å². The van der Waals surface area contributed by atoms with Crippen LogP contribution in [-0.2, 0) is 11.3 Å². The summed E-state index contributed by atoms with van der Waals surface area (Å²) in [6.45, 7) is 4.10. The number of nitrogens with zero attached hydrogens (tertiary/aromatic N) is 3. The highest BCUT2D eigenvalue weighted by atomic mass is 16.5. The molecule has 0 aliphatic rings. The molecule has 4 rings (SSSR count). The number of rotatable bonds is 6. The maximum atomic E-state index is 12.4. The van der Waals surface area contributed by atoms with Gasteiger partial charge in [-0.1, -0.05) is 53.2 Å². The number of ether oxygens (including phenoxy) is 1. The predicted octanol–water partition coefficient (Wildman–Crippen LogP) is 4.14. The summed E-state index contributed by atoms with van der Waals surface area (Å²) in [5.41, 5.74) is 5.70. The standard InChI is InChI=1S/C24H21N3O3/c1-16-7-12-20(17(2)13-16)23(28)15-30-24(29)19-10-8-18(9-11-19)14-27-22-6-4-3-5-21(22)25-26-27/h3-13H,14-15H2,1-2H3. The first-order valence-corrected chi connectivity index (χ1v) is 9.66. The summed E-state index contributed by atoms with van der Waals surface area (Å²) in [7, 11) is 0. The minimum Gasteiger partial charge on any atom is -0.454 e. The Balaban J connectivity index is 1.38. The van der Waals surface area contributed by atoms with E-state index in [1.54, 1.807) is 18.2 Å². The van der Waals surface area contributed by atoms with Crippen molar-refractivity contribution in [3.8, 4) is 0 Å². The Bertz CT molecular complexity index is 1230. The van der Waals surface area contributed by atoms with Crippen LogP contribution in [-0.4, -0.2) is 33.4 Å². The van der Waals surface area contributed by atoms with Crippen LogP contribution in [0.4, 0.5) is 0 Å². The molecule has 0 saturated heterocycles. The number of carbonyl (C=O) groups excluding carboxylic acids is 2. The number of fused-ring (bicyclic) bond motifs is 1. The fourth-order valence-corrected chi connectivity index (χ4v) is 3.37. The zero-order valence-electron chi connectivity index (χ0n) is 16.8. The summed E-state index contributed by atoms with van der Waals surface area (Å²) in [6, 6.07) is 20.4. The van der Waals surface area contributed by atoms with E-state index >= 15 is 0 Å². The van der Waals surface area contributed by atoms with E-state index in [0.717, 1.165) is 27.7 Å². The summed E-state index contributed by atoms with van der Waals surface area (Å²) in [6.07, 6.45) is 0. The molecule has 6 nitrogen and oxygen atoms in total. The smallest absolute Gasteiger partial charge is 0.338 e. The van der Waals surface area contributed by atoms with Gasteiger partial charge in [0.25, 0.3) is 0 Å². The van der Waals surface area contributed by atoms with Crippen LogP contribution in [0.15, 0.2) is 66.7 Å². The molecule has 0 unspecified atom stereocenters. The van der Waals surface area contributed by atoms with Crippen LogP contribution in [0.3, 0.4) is 0 Å². The van der Waals surface area contributed by atoms with Crippen LogP contribution in [0, 0.1) is 13.8 Å². The Morgan fingerprint density at radius 2 is 1.73 bits per heavy atom. The van der Waals surface area contributed by atoms with Crippen molar-refractivity contribution in [1.82, 2.24) is 15.0 Å². The highest BCUT2D eigenvalue weighted by Gasteiger charge is 2.14. The monoisotopic (exact) mass is 399 g/mol. The van der Waals surface area contributed by atoms with Crippen LogP contribution in [0.1, 0.15) is 37.4 Å². The number of benzene rings is 3. The molecule has 0 radical (unpaired) electrons. The highest BCUT2D eigenvalue weighted by Crippen LogP contribution is 2.14. The van der Waals surface area contributed by atoms with Crippen LogP contribution in [0.2, 0.25) is 0 Å². The van der Waals surface area contributed by atoms with Gasteiger partial charge in [0.2, 0.25) is 5.78 Å². The van der Waals surface area contributed by atoms with Gasteiger partial charge in [0.1, 0.15) is 5.52 Å². The van der Waals surface area contributed by atoms with Crippen LogP contribution in [0.25, 0.3) is 11.0 Å². The molecule has 0 bridgehead atoms. The molecule has 0 fully saturated rings. The average Bonchev–Trinajstić information content (AvgIpc) is 3.15. The molecule has 6 heteroatoms. The van der Waals surface area contributed by atoms with E-state index in [9.17, 15) is 9.59 Å². The fourth-order valence-electron chi connectivity index (χ4n) is 3.37. The van der Waals surface area contributed by atoms with Gasteiger partial charge in [0.15, 0.2) is 6.61 Å². The molecule has 0 N–H and O–H groups in total. The third kappa shape index (κ3) is 4.12. The third-order valence-corrected chi connectivity index (χ3v) is 4.96. The van der Waals surface area contributed by atoms with E-state index in [4.69, 9.17) is 4.74 Å². The second-order valence-corrected chi connectivity index (χ2v) is 7.25. The normalized spacial score (nSPS) is 10.9. The second-order valence-electron chi connectivity index (χ2n) is 7.25. The molecule has 1 heterocycles. The molecule has 1 aromatic heterocycles. The van der Waals surface area contributed by atoms with Crippen LogP contribution >= 0.6 is 0 Å². The quantitative estimate of drug-likeness (QED) is 0.360. The predicted molar refractivity (Wildman–Crippen MR) is 114 cm³/mol. The molecule has 30 heavy (non-hydrogen) atoms. The number of aryl methyl sites for hydroxylation is 2. The van der Waals surface area contributed by atoms with E-state index in [-0.39, 0.29) is 12.4 Å². The topological polar surface area (TPSA) is 74.1 Å². The molecule has 0 atom stereocenters. The van der Waals surface area contributed by atoms with E-state index < -0.39 is 5.97 Å². The third-order valence-electron chi connectivity index (χ3n) is 4.96. The number of aromatic nitrogens is 3. The molecule has 0 spiro atoms. The van der Waals surface area contributed by atoms with Crippen molar-refractivity contribution in [2.45, 2.75) is 20.4 Å². The molecule has 0 aliphatic heterocycles. The highest BCUT2D eigenvalue weighted by molar-refractivity contribution is 6.00. The van der Waals surface area contributed by atoms with Crippen molar-refractivity contribution in [3.63, 3.8) is 0 Å². The lowest BCUT2D eigenvalue weighted by molar-refractivity contribution is 0.0474. The Morgan fingerprint density at radius 3 is 2.50 bits per heavy atom. The summed E-state index contributed by atoms with van der Waals surface area (Å²) in [5.74, 6) is -0.735. The fraction of sp³-hybridized carbons (Fsp3) is 0.167. The number of Topliss-reactive ketones (excluding diaryl/α,β-unsaturated/α-hetero) is 1. The zero-order valence-corrected chi connectivity index (χ0v) is 16.8. The summed E-state index contributed by atoms with van der Waals surface area (Å²) in [4.78, 5) is 24.7. The van der Waals surface area contributed by atoms with E-state index in [0.29, 0.717) is 17.7 Å². The van der Waals surface area contributed by atoms with Crippen molar-refractivity contribution < 1.29 is 14.3 Å². The second kappa shape index (κ2) is 8.29. The Hall–Kier alpha value is -3.80. The number of esters is 1. The lowest BCUT2D eigenvalue weighted by Crippen LogP contribution is -2.15. The summed E-state index contributed by atoms with van der Waals surface area (Å²) in [5, 5.41) is 8.32. The molecular weight excluding hydrogens is 378 g/mol. The first-order chi connectivity index (χ1) is 14.5. The lowest BCUT2D eigenvalue weighted by atomic mass is 10.0. The van der Waals surface area contributed by atoms with E-state index in [1.165, 1.54) is 0 Å². The number of hydrogen-bond acceptors (Lipinski definition) is 5. The van der Waals surface area contributed by atoms with Crippen molar-refractivity contribution in [2.75, 3.05) is 6.61 Å². The summed E-state index contributed by atoms with van der Waals surface area (Å²) >= 11 is 0. The molecule has 3 aromatic carbocycles. The van der Waals surface area contributed by atoms with E-state index in [2.05, 4.69) is 10.3 Å². The van der Waals surface area contributed by atoms with Crippen LogP contribution in [0.5, 0.6) is 0 Å². The largest absolute Gasteiger partial charge is 0.454 e. The number of carbonyl (C=O) groups is 2. The molecule has 0 saturated carbocycles. The van der Waals surface area contributed by atoms with Crippen molar-refractivity contribution in [3.05, 3.63) is 94.5 Å². The Morgan fingerprint density at radius 1 is 0.967 bits per heavy atom. The SMILES string of the molecule is Cc1ccc(C(=O)COC(=O)c2ccc(Cn3nnc4ccccc43)cc2)c(C)c1. The molecule has 0 amide bonds. The number of para-hydroxylation sites is 1. The number of ketones is 1. The maximum absolute atomic E-state index is 12.4. The van der Waals surface area contributed by atoms with Gasteiger partial charge in [-0.25, -0.2) is 9.48 Å². The van der Waals surface area contributed by atoms with Crippen molar-refractivity contribution in [1.29, 1.82) is 0 Å². The van der Waals surface area contributed by atoms with E-state index in [1.807, 2.05) is 67.1 Å². The lowest BCUT2D eigenvalue weighted by Gasteiger charge is -2.08. The van der Waals surface area contributed by atoms with Gasteiger partial charge in [-0.05, 0) is 49.2 Å². The maximum Gasteiger partial charge on any atom is 0.338 e. The van der Waals surface area contributed by atoms with Gasteiger partial charge in [-0.3, -0.25) is 4.79 Å².